The summed E-state index contributed by atoms with van der Waals surface area (Å²) >= 11 is 1.59. The molecule has 0 aromatic carbocycles. The fraction of sp³-hybridized carbons (Fsp3) is 0.636. The molecule has 1 rings (SSSR count). The molecule has 98 valence electrons. The summed E-state index contributed by atoms with van der Waals surface area (Å²) in [5.74, 6) is 0.215. The lowest BCUT2D eigenvalue weighted by atomic mass is 10.4. The first kappa shape index (κ1) is 14.6. The van der Waals surface area contributed by atoms with E-state index in [2.05, 4.69) is 5.32 Å². The van der Waals surface area contributed by atoms with Gasteiger partial charge in [-0.15, -0.1) is 11.3 Å². The average molecular weight is 276 g/mol. The van der Waals surface area contributed by atoms with Gasteiger partial charge >= 0.3 is 0 Å². The summed E-state index contributed by atoms with van der Waals surface area (Å²) in [5, 5.41) is 4.93. The van der Waals surface area contributed by atoms with Gasteiger partial charge in [0.25, 0.3) is 0 Å². The highest BCUT2D eigenvalue weighted by Crippen LogP contribution is 2.14. The molecule has 1 N–H and O–H groups in total. The standard InChI is InChI=1S/C11H20N2O2S2/c1-3-13(10-11-6-4-8-16-11)17(14,15)9-5-7-12-2/h4,6,8,12H,3,5,7,9-10H2,1-2H3. The quantitative estimate of drug-likeness (QED) is 0.732. The molecule has 0 fully saturated rings. The number of hydrogen-bond donors (Lipinski definition) is 1. The molecular formula is C11H20N2O2S2. The Bertz CT molecular complexity index is 401. The molecule has 0 saturated heterocycles. The topological polar surface area (TPSA) is 49.4 Å². The fourth-order valence-electron chi connectivity index (χ4n) is 1.54. The van der Waals surface area contributed by atoms with E-state index in [4.69, 9.17) is 0 Å². The Morgan fingerprint density at radius 3 is 2.76 bits per heavy atom. The smallest absolute Gasteiger partial charge is 0.214 e. The highest BCUT2D eigenvalue weighted by Gasteiger charge is 2.20. The minimum absolute atomic E-state index is 0.215. The van der Waals surface area contributed by atoms with Crippen molar-refractivity contribution >= 4 is 21.4 Å². The van der Waals surface area contributed by atoms with Crippen LogP contribution in [-0.2, 0) is 16.6 Å². The van der Waals surface area contributed by atoms with Gasteiger partial charge in [-0.3, -0.25) is 0 Å². The molecule has 0 bridgehead atoms. The minimum Gasteiger partial charge on any atom is -0.320 e. The number of rotatable bonds is 8. The van der Waals surface area contributed by atoms with Gasteiger partial charge in [-0.25, -0.2) is 8.42 Å². The van der Waals surface area contributed by atoms with E-state index < -0.39 is 10.0 Å². The van der Waals surface area contributed by atoms with Crippen LogP contribution in [0.25, 0.3) is 0 Å². The van der Waals surface area contributed by atoms with Crippen molar-refractivity contribution in [3.8, 4) is 0 Å². The van der Waals surface area contributed by atoms with Crippen LogP contribution < -0.4 is 5.32 Å². The van der Waals surface area contributed by atoms with Gasteiger partial charge in [0, 0.05) is 18.0 Å². The summed E-state index contributed by atoms with van der Waals surface area (Å²) in [7, 11) is -1.29. The Morgan fingerprint density at radius 1 is 1.47 bits per heavy atom. The van der Waals surface area contributed by atoms with E-state index in [0.29, 0.717) is 19.5 Å². The zero-order valence-corrected chi connectivity index (χ0v) is 12.0. The number of hydrogen-bond acceptors (Lipinski definition) is 4. The van der Waals surface area contributed by atoms with Crippen molar-refractivity contribution in [2.24, 2.45) is 0 Å². The molecule has 0 aliphatic carbocycles. The van der Waals surface area contributed by atoms with Gasteiger partial charge in [-0.05, 0) is 31.5 Å². The van der Waals surface area contributed by atoms with Crippen molar-refractivity contribution < 1.29 is 8.42 Å². The maximum atomic E-state index is 12.1. The maximum absolute atomic E-state index is 12.1. The lowest BCUT2D eigenvalue weighted by Gasteiger charge is -2.19. The van der Waals surface area contributed by atoms with Crippen LogP contribution in [0.15, 0.2) is 17.5 Å². The van der Waals surface area contributed by atoms with Crippen molar-refractivity contribution in [2.45, 2.75) is 19.9 Å². The third-order valence-electron chi connectivity index (χ3n) is 2.49. The Balaban J connectivity index is 2.59. The van der Waals surface area contributed by atoms with Crippen molar-refractivity contribution in [3.63, 3.8) is 0 Å². The summed E-state index contributed by atoms with van der Waals surface area (Å²) < 4.78 is 25.7. The normalized spacial score (nSPS) is 12.2. The number of nitrogens with zero attached hydrogens (tertiary/aromatic N) is 1. The first-order valence-electron chi connectivity index (χ1n) is 5.75. The third-order valence-corrected chi connectivity index (χ3v) is 5.33. The van der Waals surface area contributed by atoms with Gasteiger partial charge in [-0.2, -0.15) is 4.31 Å². The Labute approximate surface area is 108 Å². The van der Waals surface area contributed by atoms with E-state index in [-0.39, 0.29) is 5.75 Å². The molecule has 6 heteroatoms. The van der Waals surface area contributed by atoms with Crippen LogP contribution >= 0.6 is 11.3 Å². The summed E-state index contributed by atoms with van der Waals surface area (Å²) in [4.78, 5) is 1.09. The SMILES string of the molecule is CCN(Cc1cccs1)S(=O)(=O)CCCNC. The highest BCUT2D eigenvalue weighted by molar-refractivity contribution is 7.89. The van der Waals surface area contributed by atoms with E-state index in [0.717, 1.165) is 11.4 Å². The second-order valence-corrected chi connectivity index (χ2v) is 6.90. The van der Waals surface area contributed by atoms with E-state index in [1.54, 1.807) is 15.6 Å². The first-order chi connectivity index (χ1) is 8.10. The van der Waals surface area contributed by atoms with E-state index >= 15 is 0 Å². The van der Waals surface area contributed by atoms with Crippen LogP contribution in [-0.4, -0.2) is 38.6 Å². The summed E-state index contributed by atoms with van der Waals surface area (Å²) in [6, 6.07) is 3.91. The Kier molecular flexibility index (Phi) is 6.11. The van der Waals surface area contributed by atoms with Gasteiger partial charge in [0.05, 0.1) is 5.75 Å². The van der Waals surface area contributed by atoms with Gasteiger partial charge < -0.3 is 5.32 Å². The molecule has 0 spiro atoms. The van der Waals surface area contributed by atoms with Crippen molar-refractivity contribution in [3.05, 3.63) is 22.4 Å². The molecule has 1 aromatic rings. The van der Waals surface area contributed by atoms with Gasteiger partial charge in [0.1, 0.15) is 0 Å². The maximum Gasteiger partial charge on any atom is 0.214 e. The lowest BCUT2D eigenvalue weighted by molar-refractivity contribution is 0.425. The summed E-state index contributed by atoms with van der Waals surface area (Å²) in [5.41, 5.74) is 0. The molecule has 0 aliphatic heterocycles. The van der Waals surface area contributed by atoms with Crippen molar-refractivity contribution in [1.82, 2.24) is 9.62 Å². The van der Waals surface area contributed by atoms with E-state index in [1.165, 1.54) is 0 Å². The summed E-state index contributed by atoms with van der Waals surface area (Å²) in [6.45, 7) is 3.63. The number of sulfonamides is 1. The Hall–Kier alpha value is -0.430. The lowest BCUT2D eigenvalue weighted by Crippen LogP contribution is -2.33. The fourth-order valence-corrected chi connectivity index (χ4v) is 3.84. The van der Waals surface area contributed by atoms with Gasteiger partial charge in [-0.1, -0.05) is 13.0 Å². The Morgan fingerprint density at radius 2 is 2.24 bits per heavy atom. The predicted octanol–water partition coefficient (Wildman–Crippen LogP) is 1.51. The van der Waals surface area contributed by atoms with Crippen LogP contribution in [0.3, 0.4) is 0 Å². The molecule has 0 radical (unpaired) electrons. The number of thiophene rings is 1. The van der Waals surface area contributed by atoms with E-state index in [1.807, 2.05) is 31.5 Å². The summed E-state index contributed by atoms with van der Waals surface area (Å²) in [6.07, 6.45) is 0.653. The molecule has 4 nitrogen and oxygen atoms in total. The largest absolute Gasteiger partial charge is 0.320 e. The molecule has 0 aliphatic rings. The zero-order valence-electron chi connectivity index (χ0n) is 10.3. The van der Waals surface area contributed by atoms with Crippen LogP contribution in [0.4, 0.5) is 0 Å². The molecule has 17 heavy (non-hydrogen) atoms. The third kappa shape index (κ3) is 4.75. The van der Waals surface area contributed by atoms with E-state index in [9.17, 15) is 8.42 Å². The zero-order chi connectivity index (χ0) is 12.7. The van der Waals surface area contributed by atoms with Crippen molar-refractivity contribution in [1.29, 1.82) is 0 Å². The molecule has 0 unspecified atom stereocenters. The number of nitrogens with one attached hydrogen (secondary N) is 1. The second kappa shape index (κ2) is 7.10. The predicted molar refractivity (Wildman–Crippen MR) is 72.7 cm³/mol. The molecule has 0 saturated carbocycles. The van der Waals surface area contributed by atoms with Gasteiger partial charge in [0.2, 0.25) is 10.0 Å². The molecule has 1 aromatic heterocycles. The molecule has 1 heterocycles. The molecular weight excluding hydrogens is 256 g/mol. The average Bonchev–Trinajstić information content (AvgIpc) is 2.78. The van der Waals surface area contributed by atoms with Crippen LogP contribution in [0, 0.1) is 0 Å². The minimum atomic E-state index is -3.12. The molecule has 0 amide bonds. The second-order valence-electron chi connectivity index (χ2n) is 3.78. The monoisotopic (exact) mass is 276 g/mol. The molecule has 0 atom stereocenters. The highest BCUT2D eigenvalue weighted by atomic mass is 32.2. The van der Waals surface area contributed by atoms with Crippen LogP contribution in [0.2, 0.25) is 0 Å². The van der Waals surface area contributed by atoms with Crippen LogP contribution in [0.1, 0.15) is 18.2 Å². The first-order valence-corrected chi connectivity index (χ1v) is 8.24. The van der Waals surface area contributed by atoms with Crippen LogP contribution in [0.5, 0.6) is 0 Å². The van der Waals surface area contributed by atoms with Gasteiger partial charge in [0.15, 0.2) is 0 Å². The van der Waals surface area contributed by atoms with Crippen molar-refractivity contribution in [2.75, 3.05) is 25.9 Å².